The Hall–Kier alpha value is -2.04. The topological polar surface area (TPSA) is 58.6 Å². The van der Waals surface area contributed by atoms with Crippen molar-refractivity contribution in [1.82, 2.24) is 0 Å². The Kier molecular flexibility index (Phi) is 4.32. The molecular weight excluding hydrogens is 213 g/mol. The van der Waals surface area contributed by atoms with E-state index in [0.29, 0.717) is 5.75 Å². The Morgan fingerprint density at radius 1 is 1.62 bits per heavy atom. The molecule has 16 heavy (non-hydrogen) atoms. The van der Waals surface area contributed by atoms with Crippen LogP contribution in [0.25, 0.3) is 0 Å². The number of aliphatic carboxylic acids is 1. The fraction of sp³-hybridized carbons (Fsp3) is 0.182. The number of anilines is 1. The van der Waals surface area contributed by atoms with Crippen LogP contribution in [0.2, 0.25) is 0 Å². The zero-order valence-electron chi connectivity index (χ0n) is 8.74. The maximum absolute atomic E-state index is 13.2. The number of methoxy groups -OCH3 is 1. The number of hydrogen-bond donors (Lipinski definition) is 2. The lowest BCUT2D eigenvalue weighted by Gasteiger charge is -2.06. The SMILES string of the molecule is COc1ccc(F)c(NC/C=C/C(=O)O)c1. The maximum Gasteiger partial charge on any atom is 0.328 e. The summed E-state index contributed by atoms with van der Waals surface area (Å²) in [6.07, 6.45) is 2.38. The average Bonchev–Trinajstić information content (AvgIpc) is 2.26. The Morgan fingerprint density at radius 3 is 3.00 bits per heavy atom. The van der Waals surface area contributed by atoms with Crippen LogP contribution in [-0.4, -0.2) is 24.7 Å². The predicted molar refractivity (Wildman–Crippen MR) is 58.2 cm³/mol. The minimum atomic E-state index is -1.03. The summed E-state index contributed by atoms with van der Waals surface area (Å²) in [5.41, 5.74) is 0.273. The number of ether oxygens (including phenoxy) is 1. The van der Waals surface area contributed by atoms with E-state index < -0.39 is 11.8 Å². The molecule has 0 saturated carbocycles. The Balaban J connectivity index is 2.62. The molecular formula is C11H12FNO3. The first kappa shape index (κ1) is 12.0. The van der Waals surface area contributed by atoms with Gasteiger partial charge in [0, 0.05) is 18.7 Å². The van der Waals surface area contributed by atoms with E-state index in [-0.39, 0.29) is 12.2 Å². The molecule has 0 atom stereocenters. The summed E-state index contributed by atoms with van der Waals surface area (Å²) in [5, 5.41) is 11.1. The monoisotopic (exact) mass is 225 g/mol. The Morgan fingerprint density at radius 2 is 2.38 bits per heavy atom. The van der Waals surface area contributed by atoms with Gasteiger partial charge in [-0.15, -0.1) is 0 Å². The Labute approximate surface area is 92.4 Å². The fourth-order valence-electron chi connectivity index (χ4n) is 1.10. The third-order valence-corrected chi connectivity index (χ3v) is 1.84. The molecule has 1 rings (SSSR count). The summed E-state index contributed by atoms with van der Waals surface area (Å²) >= 11 is 0. The van der Waals surface area contributed by atoms with Gasteiger partial charge in [0.05, 0.1) is 12.8 Å². The van der Waals surface area contributed by atoms with Gasteiger partial charge in [-0.2, -0.15) is 0 Å². The van der Waals surface area contributed by atoms with Crippen molar-refractivity contribution in [3.05, 3.63) is 36.2 Å². The van der Waals surface area contributed by atoms with Gasteiger partial charge < -0.3 is 15.2 Å². The van der Waals surface area contributed by atoms with Crippen molar-refractivity contribution < 1.29 is 19.0 Å². The van der Waals surface area contributed by atoms with E-state index in [1.807, 2.05) is 0 Å². The summed E-state index contributed by atoms with van der Waals surface area (Å²) < 4.78 is 18.2. The van der Waals surface area contributed by atoms with Crippen LogP contribution in [0.3, 0.4) is 0 Å². The number of rotatable bonds is 5. The molecule has 0 unspecified atom stereocenters. The molecule has 0 bridgehead atoms. The first-order chi connectivity index (χ1) is 7.63. The molecule has 0 heterocycles. The van der Waals surface area contributed by atoms with Gasteiger partial charge in [0.2, 0.25) is 0 Å². The predicted octanol–water partition coefficient (Wildman–Crippen LogP) is 1.89. The van der Waals surface area contributed by atoms with Gasteiger partial charge in [-0.3, -0.25) is 0 Å². The van der Waals surface area contributed by atoms with Gasteiger partial charge in [-0.1, -0.05) is 6.08 Å². The van der Waals surface area contributed by atoms with E-state index in [0.717, 1.165) is 6.08 Å². The fourth-order valence-corrected chi connectivity index (χ4v) is 1.10. The summed E-state index contributed by atoms with van der Waals surface area (Å²) in [6, 6.07) is 4.29. The van der Waals surface area contributed by atoms with Crippen molar-refractivity contribution in [1.29, 1.82) is 0 Å². The van der Waals surface area contributed by atoms with Gasteiger partial charge >= 0.3 is 5.97 Å². The lowest BCUT2D eigenvalue weighted by Crippen LogP contribution is -2.02. The summed E-state index contributed by atoms with van der Waals surface area (Å²) in [6.45, 7) is 0.233. The zero-order valence-corrected chi connectivity index (χ0v) is 8.74. The highest BCUT2D eigenvalue weighted by Crippen LogP contribution is 2.20. The third-order valence-electron chi connectivity index (χ3n) is 1.84. The van der Waals surface area contributed by atoms with Crippen molar-refractivity contribution in [3.8, 4) is 5.75 Å². The molecule has 0 amide bonds. The number of halogens is 1. The van der Waals surface area contributed by atoms with E-state index in [2.05, 4.69) is 5.32 Å². The van der Waals surface area contributed by atoms with E-state index in [4.69, 9.17) is 9.84 Å². The quantitative estimate of drug-likeness (QED) is 0.751. The van der Waals surface area contributed by atoms with Crippen LogP contribution >= 0.6 is 0 Å². The molecule has 2 N–H and O–H groups in total. The number of nitrogens with one attached hydrogen (secondary N) is 1. The van der Waals surface area contributed by atoms with Crippen LogP contribution in [0.4, 0.5) is 10.1 Å². The standard InChI is InChI=1S/C11H12FNO3/c1-16-8-4-5-9(12)10(7-8)13-6-2-3-11(14)15/h2-5,7,13H,6H2,1H3,(H,14,15)/b3-2+. The number of hydrogen-bond acceptors (Lipinski definition) is 3. The maximum atomic E-state index is 13.2. The van der Waals surface area contributed by atoms with Gasteiger partial charge in [-0.25, -0.2) is 9.18 Å². The van der Waals surface area contributed by atoms with E-state index >= 15 is 0 Å². The molecule has 0 aliphatic rings. The summed E-state index contributed by atoms with van der Waals surface area (Å²) in [7, 11) is 1.49. The average molecular weight is 225 g/mol. The van der Waals surface area contributed by atoms with Crippen LogP contribution in [0.5, 0.6) is 5.75 Å². The van der Waals surface area contributed by atoms with Crippen molar-refractivity contribution in [2.45, 2.75) is 0 Å². The highest BCUT2D eigenvalue weighted by Gasteiger charge is 2.02. The first-order valence-corrected chi connectivity index (χ1v) is 4.60. The van der Waals surface area contributed by atoms with Crippen LogP contribution in [0, 0.1) is 5.82 Å². The summed E-state index contributed by atoms with van der Waals surface area (Å²) in [5.74, 6) is -0.913. The van der Waals surface area contributed by atoms with Gasteiger partial charge in [0.25, 0.3) is 0 Å². The van der Waals surface area contributed by atoms with Crippen molar-refractivity contribution >= 4 is 11.7 Å². The normalized spacial score (nSPS) is 10.4. The molecule has 0 aliphatic heterocycles. The second-order valence-corrected chi connectivity index (χ2v) is 2.97. The molecule has 0 fully saturated rings. The molecule has 0 aliphatic carbocycles. The highest BCUT2D eigenvalue weighted by molar-refractivity contribution is 5.79. The second-order valence-electron chi connectivity index (χ2n) is 2.97. The summed E-state index contributed by atoms with van der Waals surface area (Å²) in [4.78, 5) is 10.2. The van der Waals surface area contributed by atoms with Gasteiger partial charge in [0.1, 0.15) is 11.6 Å². The largest absolute Gasteiger partial charge is 0.497 e. The van der Waals surface area contributed by atoms with Crippen LogP contribution in [0.15, 0.2) is 30.4 Å². The van der Waals surface area contributed by atoms with Gasteiger partial charge in [-0.05, 0) is 12.1 Å². The van der Waals surface area contributed by atoms with Crippen molar-refractivity contribution in [2.75, 3.05) is 19.0 Å². The third kappa shape index (κ3) is 3.61. The van der Waals surface area contributed by atoms with Crippen molar-refractivity contribution in [3.63, 3.8) is 0 Å². The Bertz CT molecular complexity index is 404. The van der Waals surface area contributed by atoms with Crippen molar-refractivity contribution in [2.24, 2.45) is 0 Å². The highest BCUT2D eigenvalue weighted by atomic mass is 19.1. The number of carboxylic acid groups (broad SMARTS) is 1. The molecule has 5 heteroatoms. The molecule has 0 saturated heterocycles. The van der Waals surface area contributed by atoms with E-state index in [1.54, 1.807) is 0 Å². The van der Waals surface area contributed by atoms with Crippen LogP contribution in [0.1, 0.15) is 0 Å². The first-order valence-electron chi connectivity index (χ1n) is 4.60. The molecule has 86 valence electrons. The zero-order chi connectivity index (χ0) is 12.0. The molecule has 1 aromatic carbocycles. The number of carboxylic acids is 1. The lowest BCUT2D eigenvalue weighted by molar-refractivity contribution is -0.131. The number of carbonyl (C=O) groups is 1. The number of benzene rings is 1. The van der Waals surface area contributed by atoms with E-state index in [9.17, 15) is 9.18 Å². The molecule has 0 radical (unpaired) electrons. The minimum Gasteiger partial charge on any atom is -0.497 e. The molecule has 0 aromatic heterocycles. The van der Waals surface area contributed by atoms with E-state index in [1.165, 1.54) is 31.4 Å². The van der Waals surface area contributed by atoms with Gasteiger partial charge in [0.15, 0.2) is 0 Å². The minimum absolute atomic E-state index is 0.233. The lowest BCUT2D eigenvalue weighted by atomic mass is 10.3. The smallest absolute Gasteiger partial charge is 0.328 e. The molecule has 4 nitrogen and oxygen atoms in total. The molecule has 1 aromatic rings. The van der Waals surface area contributed by atoms with Crippen LogP contribution < -0.4 is 10.1 Å². The van der Waals surface area contributed by atoms with Crippen LogP contribution in [-0.2, 0) is 4.79 Å². The second kappa shape index (κ2) is 5.75. The molecule has 0 spiro atoms.